The van der Waals surface area contributed by atoms with E-state index in [9.17, 15) is 0 Å². The van der Waals surface area contributed by atoms with Crippen molar-refractivity contribution in [1.82, 2.24) is 0 Å². The molecule has 1 rings (SSSR count). The Morgan fingerprint density at radius 2 is 1.41 bits per heavy atom. The first kappa shape index (κ1) is 14.2. The Morgan fingerprint density at radius 1 is 1.00 bits per heavy atom. The van der Waals surface area contributed by atoms with E-state index in [-0.39, 0.29) is 17.5 Å². The van der Waals surface area contributed by atoms with Crippen molar-refractivity contribution in [2.75, 3.05) is 0 Å². The van der Waals surface area contributed by atoms with Crippen molar-refractivity contribution in [3.05, 3.63) is 34.4 Å². The summed E-state index contributed by atoms with van der Waals surface area (Å²) in [6, 6.07) is 4.38. The molecule has 0 aromatic heterocycles. The van der Waals surface area contributed by atoms with Crippen LogP contribution in [0.5, 0.6) is 0 Å². The Bertz CT molecular complexity index is 377. The van der Waals surface area contributed by atoms with Crippen LogP contribution in [-0.4, -0.2) is 6.04 Å². The van der Waals surface area contributed by atoms with E-state index < -0.39 is 0 Å². The van der Waals surface area contributed by atoms with E-state index in [1.807, 2.05) is 6.92 Å². The van der Waals surface area contributed by atoms with Crippen LogP contribution in [0.3, 0.4) is 0 Å². The second-order valence-corrected chi connectivity index (χ2v) is 6.16. The highest BCUT2D eigenvalue weighted by Gasteiger charge is 2.20. The highest BCUT2D eigenvalue weighted by molar-refractivity contribution is 5.42. The summed E-state index contributed by atoms with van der Waals surface area (Å²) in [4.78, 5) is 0. The zero-order valence-corrected chi connectivity index (χ0v) is 12.0. The summed E-state index contributed by atoms with van der Waals surface area (Å²) in [6.45, 7) is 12.9. The average molecular weight is 234 g/mol. The summed E-state index contributed by atoms with van der Waals surface area (Å²) in [5, 5.41) is 0. The minimum Gasteiger partial charge on any atom is -0.326 e. The molecule has 0 spiro atoms. The number of aryl methyl sites for hydroxylation is 2. The average Bonchev–Trinajstić information content (AvgIpc) is 2.14. The van der Waals surface area contributed by atoms with Crippen LogP contribution in [0.4, 0.5) is 0 Å². The normalized spacial score (nSPS) is 15.8. The van der Waals surface area contributed by atoms with E-state index in [1.54, 1.807) is 0 Å². The van der Waals surface area contributed by atoms with Gasteiger partial charge in [0, 0.05) is 12.1 Å². The predicted molar refractivity (Wildman–Crippen MR) is 75.2 cm³/mol. The van der Waals surface area contributed by atoms with Crippen molar-refractivity contribution in [3.8, 4) is 0 Å². The van der Waals surface area contributed by atoms with E-state index in [4.69, 9.17) is 11.5 Å². The van der Waals surface area contributed by atoms with E-state index in [0.29, 0.717) is 0 Å². The highest BCUT2D eigenvalue weighted by atomic mass is 14.8. The van der Waals surface area contributed by atoms with Gasteiger partial charge in [-0.25, -0.2) is 0 Å². The molecule has 2 nitrogen and oxygen atoms in total. The summed E-state index contributed by atoms with van der Waals surface area (Å²) in [5.41, 5.74) is 17.3. The fraction of sp³-hybridized carbons (Fsp3) is 0.600. The van der Waals surface area contributed by atoms with Crippen LogP contribution in [0.1, 0.15) is 56.0 Å². The molecule has 0 amide bonds. The first-order valence-corrected chi connectivity index (χ1v) is 6.27. The molecule has 4 N–H and O–H groups in total. The molecule has 0 aliphatic rings. The third-order valence-electron chi connectivity index (χ3n) is 3.36. The van der Waals surface area contributed by atoms with Crippen LogP contribution in [-0.2, 0) is 5.41 Å². The molecule has 96 valence electrons. The number of hydrogen-bond donors (Lipinski definition) is 2. The van der Waals surface area contributed by atoms with Crippen LogP contribution >= 0.6 is 0 Å². The SMILES string of the molecule is Cc1cc(C(C)(C)C)cc(C)c1C(N)C(C)N. The van der Waals surface area contributed by atoms with Gasteiger partial charge in [-0.05, 0) is 48.4 Å². The number of benzene rings is 1. The minimum atomic E-state index is -0.0796. The molecule has 0 aliphatic carbocycles. The molecule has 0 heterocycles. The van der Waals surface area contributed by atoms with Crippen molar-refractivity contribution < 1.29 is 0 Å². The molecule has 1 aromatic carbocycles. The summed E-state index contributed by atoms with van der Waals surface area (Å²) < 4.78 is 0. The standard InChI is InChI=1S/C15H26N2/c1-9-7-12(15(4,5)6)8-10(2)13(9)14(17)11(3)16/h7-8,11,14H,16-17H2,1-6H3. The first-order valence-electron chi connectivity index (χ1n) is 6.27. The second-order valence-electron chi connectivity index (χ2n) is 6.16. The van der Waals surface area contributed by atoms with Gasteiger partial charge in [-0.15, -0.1) is 0 Å². The lowest BCUT2D eigenvalue weighted by Crippen LogP contribution is -2.32. The van der Waals surface area contributed by atoms with Crippen LogP contribution in [0, 0.1) is 13.8 Å². The lowest BCUT2D eigenvalue weighted by atomic mass is 9.82. The molecular formula is C15H26N2. The van der Waals surface area contributed by atoms with Crippen molar-refractivity contribution in [3.63, 3.8) is 0 Å². The smallest absolute Gasteiger partial charge is 0.0451 e. The van der Waals surface area contributed by atoms with Crippen LogP contribution in [0.15, 0.2) is 12.1 Å². The van der Waals surface area contributed by atoms with Crippen LogP contribution < -0.4 is 11.5 Å². The van der Waals surface area contributed by atoms with Crippen molar-refractivity contribution in [1.29, 1.82) is 0 Å². The molecule has 0 aliphatic heterocycles. The Kier molecular flexibility index (Phi) is 4.00. The third kappa shape index (κ3) is 3.08. The molecule has 0 bridgehead atoms. The largest absolute Gasteiger partial charge is 0.326 e. The molecule has 0 saturated carbocycles. The fourth-order valence-corrected chi connectivity index (χ4v) is 2.20. The lowest BCUT2D eigenvalue weighted by molar-refractivity contribution is 0.573. The van der Waals surface area contributed by atoms with Gasteiger partial charge >= 0.3 is 0 Å². The van der Waals surface area contributed by atoms with E-state index in [1.165, 1.54) is 22.3 Å². The monoisotopic (exact) mass is 234 g/mol. The van der Waals surface area contributed by atoms with Crippen molar-refractivity contribution in [2.45, 2.75) is 59.0 Å². The Labute approximate surface area is 105 Å². The van der Waals surface area contributed by atoms with Crippen molar-refractivity contribution in [2.24, 2.45) is 11.5 Å². The molecule has 2 unspecified atom stereocenters. The maximum Gasteiger partial charge on any atom is 0.0451 e. The molecule has 17 heavy (non-hydrogen) atoms. The van der Waals surface area contributed by atoms with E-state index >= 15 is 0 Å². The van der Waals surface area contributed by atoms with Crippen LogP contribution in [0.2, 0.25) is 0 Å². The Hall–Kier alpha value is -0.860. The number of nitrogens with two attached hydrogens (primary N) is 2. The zero-order chi connectivity index (χ0) is 13.4. The topological polar surface area (TPSA) is 52.0 Å². The molecule has 1 aromatic rings. The van der Waals surface area contributed by atoms with E-state index in [2.05, 4.69) is 46.8 Å². The lowest BCUT2D eigenvalue weighted by Gasteiger charge is -2.25. The van der Waals surface area contributed by atoms with Crippen molar-refractivity contribution >= 4 is 0 Å². The molecular weight excluding hydrogens is 208 g/mol. The second kappa shape index (κ2) is 4.79. The molecule has 2 heteroatoms. The quantitative estimate of drug-likeness (QED) is 0.826. The molecule has 0 saturated heterocycles. The Balaban J connectivity index is 3.29. The van der Waals surface area contributed by atoms with Gasteiger partial charge in [-0.1, -0.05) is 32.9 Å². The first-order chi connectivity index (χ1) is 7.64. The van der Waals surface area contributed by atoms with E-state index in [0.717, 1.165) is 0 Å². The molecule has 0 radical (unpaired) electrons. The number of rotatable bonds is 2. The summed E-state index contributed by atoms with van der Waals surface area (Å²) in [7, 11) is 0. The molecule has 2 atom stereocenters. The van der Waals surface area contributed by atoms with Crippen LogP contribution in [0.25, 0.3) is 0 Å². The fourth-order valence-electron chi connectivity index (χ4n) is 2.20. The van der Waals surface area contributed by atoms with Gasteiger partial charge in [0.1, 0.15) is 0 Å². The van der Waals surface area contributed by atoms with Gasteiger partial charge in [-0.3, -0.25) is 0 Å². The van der Waals surface area contributed by atoms with Gasteiger partial charge < -0.3 is 11.5 Å². The van der Waals surface area contributed by atoms with Gasteiger partial charge in [0.2, 0.25) is 0 Å². The summed E-state index contributed by atoms with van der Waals surface area (Å²) in [6.07, 6.45) is 0. The van der Waals surface area contributed by atoms with Gasteiger partial charge in [0.15, 0.2) is 0 Å². The van der Waals surface area contributed by atoms with Gasteiger partial charge in [-0.2, -0.15) is 0 Å². The third-order valence-corrected chi connectivity index (χ3v) is 3.36. The maximum atomic E-state index is 6.17. The minimum absolute atomic E-state index is 0.0205. The summed E-state index contributed by atoms with van der Waals surface area (Å²) >= 11 is 0. The summed E-state index contributed by atoms with van der Waals surface area (Å²) in [5.74, 6) is 0. The van der Waals surface area contributed by atoms with Gasteiger partial charge in [0.25, 0.3) is 0 Å². The Morgan fingerprint density at radius 3 is 1.71 bits per heavy atom. The predicted octanol–water partition coefficient (Wildman–Crippen LogP) is 2.95. The maximum absolute atomic E-state index is 6.17. The zero-order valence-electron chi connectivity index (χ0n) is 12.0. The van der Waals surface area contributed by atoms with Gasteiger partial charge in [0.05, 0.1) is 0 Å². The highest BCUT2D eigenvalue weighted by Crippen LogP contribution is 2.29. The number of hydrogen-bond acceptors (Lipinski definition) is 2. The molecule has 0 fully saturated rings.